The summed E-state index contributed by atoms with van der Waals surface area (Å²) in [6.07, 6.45) is 7.57. The smallest absolute Gasteiger partial charge is 0.237 e. The maximum Gasteiger partial charge on any atom is 0.237 e. The minimum Gasteiger partial charge on any atom is -0.354 e. The van der Waals surface area contributed by atoms with Gasteiger partial charge in [-0.05, 0) is 49.5 Å². The van der Waals surface area contributed by atoms with Crippen LogP contribution in [0, 0.1) is 17.3 Å². The van der Waals surface area contributed by atoms with Crippen molar-refractivity contribution in [2.24, 2.45) is 17.3 Å². The average Bonchev–Trinajstić information content (AvgIpc) is 2.35. The van der Waals surface area contributed by atoms with Crippen LogP contribution in [0.2, 0.25) is 0 Å². The Morgan fingerprint density at radius 2 is 2.11 bits per heavy atom. The molecule has 19 heavy (non-hydrogen) atoms. The SMILES string of the molecule is CC1CCCC(CNC(=O)C2NCCCC2(C)C)C1. The van der Waals surface area contributed by atoms with E-state index in [1.807, 2.05) is 0 Å². The lowest BCUT2D eigenvalue weighted by Gasteiger charge is -2.38. The molecular formula is C16H30N2O. The van der Waals surface area contributed by atoms with Gasteiger partial charge >= 0.3 is 0 Å². The van der Waals surface area contributed by atoms with Crippen molar-refractivity contribution in [3.63, 3.8) is 0 Å². The zero-order chi connectivity index (χ0) is 13.9. The Labute approximate surface area is 117 Å². The number of rotatable bonds is 3. The van der Waals surface area contributed by atoms with E-state index in [9.17, 15) is 4.79 Å². The van der Waals surface area contributed by atoms with E-state index in [2.05, 4.69) is 31.4 Å². The second-order valence-electron chi connectivity index (χ2n) is 7.36. The predicted octanol–water partition coefficient (Wildman–Crippen LogP) is 2.71. The quantitative estimate of drug-likeness (QED) is 0.824. The first-order valence-corrected chi connectivity index (χ1v) is 8.00. The molecule has 2 fully saturated rings. The van der Waals surface area contributed by atoms with Crippen LogP contribution in [0.4, 0.5) is 0 Å². The molecule has 1 amide bonds. The summed E-state index contributed by atoms with van der Waals surface area (Å²) in [5, 5.41) is 6.59. The Morgan fingerprint density at radius 1 is 1.32 bits per heavy atom. The van der Waals surface area contributed by atoms with Crippen molar-refractivity contribution in [2.45, 2.75) is 65.3 Å². The third kappa shape index (κ3) is 3.95. The first-order chi connectivity index (χ1) is 8.99. The van der Waals surface area contributed by atoms with Crippen LogP contribution in [0.1, 0.15) is 59.3 Å². The lowest BCUT2D eigenvalue weighted by Crippen LogP contribution is -2.56. The molecule has 3 nitrogen and oxygen atoms in total. The number of amides is 1. The zero-order valence-corrected chi connectivity index (χ0v) is 12.8. The lowest BCUT2D eigenvalue weighted by molar-refractivity contribution is -0.127. The van der Waals surface area contributed by atoms with Crippen molar-refractivity contribution in [1.29, 1.82) is 0 Å². The molecule has 1 heterocycles. The van der Waals surface area contributed by atoms with Crippen LogP contribution >= 0.6 is 0 Å². The fourth-order valence-electron chi connectivity index (χ4n) is 3.75. The van der Waals surface area contributed by atoms with Gasteiger partial charge in [0.05, 0.1) is 6.04 Å². The molecule has 3 atom stereocenters. The van der Waals surface area contributed by atoms with E-state index in [0.29, 0.717) is 5.92 Å². The van der Waals surface area contributed by atoms with Crippen molar-refractivity contribution >= 4 is 5.91 Å². The van der Waals surface area contributed by atoms with Gasteiger partial charge in [-0.1, -0.05) is 33.6 Å². The highest BCUT2D eigenvalue weighted by Gasteiger charge is 2.37. The van der Waals surface area contributed by atoms with Gasteiger partial charge in [0.25, 0.3) is 0 Å². The third-order valence-electron chi connectivity index (χ3n) is 5.00. The minimum atomic E-state index is -0.0118. The molecule has 2 rings (SSSR count). The summed E-state index contributed by atoms with van der Waals surface area (Å²) in [7, 11) is 0. The van der Waals surface area contributed by atoms with Gasteiger partial charge in [-0.2, -0.15) is 0 Å². The first-order valence-electron chi connectivity index (χ1n) is 8.00. The summed E-state index contributed by atoms with van der Waals surface area (Å²) < 4.78 is 0. The van der Waals surface area contributed by atoms with Crippen LogP contribution in [-0.4, -0.2) is 25.0 Å². The average molecular weight is 266 g/mol. The van der Waals surface area contributed by atoms with E-state index >= 15 is 0 Å². The zero-order valence-electron chi connectivity index (χ0n) is 12.8. The van der Waals surface area contributed by atoms with E-state index in [-0.39, 0.29) is 17.4 Å². The molecule has 110 valence electrons. The Kier molecular flexibility index (Phi) is 4.88. The number of carbonyl (C=O) groups is 1. The van der Waals surface area contributed by atoms with Crippen molar-refractivity contribution in [3.8, 4) is 0 Å². The normalized spacial score (nSPS) is 34.8. The van der Waals surface area contributed by atoms with Crippen LogP contribution in [0.15, 0.2) is 0 Å². The van der Waals surface area contributed by atoms with E-state index in [1.165, 1.54) is 32.1 Å². The van der Waals surface area contributed by atoms with Crippen LogP contribution in [0.25, 0.3) is 0 Å². The van der Waals surface area contributed by atoms with Gasteiger partial charge in [-0.15, -0.1) is 0 Å². The maximum absolute atomic E-state index is 12.4. The monoisotopic (exact) mass is 266 g/mol. The minimum absolute atomic E-state index is 0.0118. The van der Waals surface area contributed by atoms with Crippen molar-refractivity contribution in [1.82, 2.24) is 10.6 Å². The largest absolute Gasteiger partial charge is 0.354 e. The number of piperidine rings is 1. The second kappa shape index (κ2) is 6.25. The summed E-state index contributed by atoms with van der Waals surface area (Å²) in [4.78, 5) is 12.4. The molecule has 1 aliphatic heterocycles. The molecule has 1 saturated carbocycles. The van der Waals surface area contributed by atoms with Crippen molar-refractivity contribution < 1.29 is 4.79 Å². The highest BCUT2D eigenvalue weighted by Crippen LogP contribution is 2.31. The number of hydrogen-bond donors (Lipinski definition) is 2. The molecule has 0 bridgehead atoms. The fraction of sp³-hybridized carbons (Fsp3) is 0.938. The van der Waals surface area contributed by atoms with Crippen molar-refractivity contribution in [3.05, 3.63) is 0 Å². The van der Waals surface area contributed by atoms with Crippen LogP contribution in [0.5, 0.6) is 0 Å². The van der Waals surface area contributed by atoms with Gasteiger partial charge in [-0.25, -0.2) is 0 Å². The van der Waals surface area contributed by atoms with Crippen LogP contribution in [0.3, 0.4) is 0 Å². The van der Waals surface area contributed by atoms with E-state index < -0.39 is 0 Å². The molecule has 0 spiro atoms. The molecule has 1 aliphatic carbocycles. The second-order valence-corrected chi connectivity index (χ2v) is 7.36. The molecule has 2 N–H and O–H groups in total. The third-order valence-corrected chi connectivity index (χ3v) is 5.00. The summed E-state index contributed by atoms with van der Waals surface area (Å²) >= 11 is 0. The lowest BCUT2D eigenvalue weighted by atomic mass is 9.77. The Morgan fingerprint density at radius 3 is 2.79 bits per heavy atom. The highest BCUT2D eigenvalue weighted by molar-refractivity contribution is 5.82. The molecule has 0 aromatic rings. The van der Waals surface area contributed by atoms with Gasteiger partial charge in [-0.3, -0.25) is 4.79 Å². The molecule has 1 saturated heterocycles. The fourth-order valence-corrected chi connectivity index (χ4v) is 3.75. The molecular weight excluding hydrogens is 236 g/mol. The molecule has 0 aromatic heterocycles. The molecule has 3 unspecified atom stereocenters. The van der Waals surface area contributed by atoms with Crippen molar-refractivity contribution in [2.75, 3.05) is 13.1 Å². The molecule has 0 radical (unpaired) electrons. The summed E-state index contributed by atoms with van der Waals surface area (Å²) in [6.45, 7) is 8.58. The van der Waals surface area contributed by atoms with Gasteiger partial charge in [0.1, 0.15) is 0 Å². The van der Waals surface area contributed by atoms with Gasteiger partial charge in [0.15, 0.2) is 0 Å². The number of hydrogen-bond acceptors (Lipinski definition) is 2. The van der Waals surface area contributed by atoms with E-state index in [0.717, 1.165) is 25.4 Å². The maximum atomic E-state index is 12.4. The van der Waals surface area contributed by atoms with Gasteiger partial charge in [0.2, 0.25) is 5.91 Å². The molecule has 3 heteroatoms. The molecule has 0 aromatic carbocycles. The Balaban J connectivity index is 1.80. The first kappa shape index (κ1) is 14.8. The van der Waals surface area contributed by atoms with Crippen LogP contribution in [-0.2, 0) is 4.79 Å². The summed E-state index contributed by atoms with van der Waals surface area (Å²) in [5.41, 5.74) is 0.0855. The van der Waals surface area contributed by atoms with E-state index in [1.54, 1.807) is 0 Å². The standard InChI is InChI=1S/C16H30N2O/c1-12-6-4-7-13(10-12)11-18-15(19)14-16(2,3)8-5-9-17-14/h12-14,17H,4-11H2,1-3H3,(H,18,19). The van der Waals surface area contributed by atoms with Gasteiger partial charge < -0.3 is 10.6 Å². The van der Waals surface area contributed by atoms with E-state index in [4.69, 9.17) is 0 Å². The number of carbonyl (C=O) groups excluding carboxylic acids is 1. The Bertz CT molecular complexity index is 314. The predicted molar refractivity (Wildman–Crippen MR) is 78.9 cm³/mol. The summed E-state index contributed by atoms with van der Waals surface area (Å²) in [5.74, 6) is 1.74. The topological polar surface area (TPSA) is 41.1 Å². The van der Waals surface area contributed by atoms with Crippen LogP contribution < -0.4 is 10.6 Å². The highest BCUT2D eigenvalue weighted by atomic mass is 16.2. The number of nitrogens with one attached hydrogen (secondary N) is 2. The summed E-state index contributed by atoms with van der Waals surface area (Å²) in [6, 6.07) is -0.0118. The van der Waals surface area contributed by atoms with Gasteiger partial charge in [0, 0.05) is 6.54 Å². The molecule has 2 aliphatic rings. The Hall–Kier alpha value is -0.570.